The number of hydrogen-bond acceptors (Lipinski definition) is 1. The van der Waals surface area contributed by atoms with Crippen molar-refractivity contribution >= 4 is 23.2 Å². The van der Waals surface area contributed by atoms with Crippen LogP contribution in [0.5, 0.6) is 0 Å². The van der Waals surface area contributed by atoms with Crippen molar-refractivity contribution < 1.29 is 0 Å². The fourth-order valence-corrected chi connectivity index (χ4v) is 2.93. The number of rotatable bonds is 2. The van der Waals surface area contributed by atoms with Crippen LogP contribution in [0.3, 0.4) is 0 Å². The highest BCUT2D eigenvalue weighted by Crippen LogP contribution is 2.45. The highest BCUT2D eigenvalue weighted by molar-refractivity contribution is 6.42. The van der Waals surface area contributed by atoms with Crippen LogP contribution in [0.2, 0.25) is 10.0 Å². The second kappa shape index (κ2) is 4.70. The van der Waals surface area contributed by atoms with Gasteiger partial charge in [-0.25, -0.2) is 0 Å². The van der Waals surface area contributed by atoms with E-state index in [1.165, 1.54) is 5.56 Å². The summed E-state index contributed by atoms with van der Waals surface area (Å²) in [5.74, 6) is 0. The molecular formula is C15H21Cl2N. The molecule has 0 spiro atoms. The topological polar surface area (TPSA) is 3.24 Å². The number of nitrogens with zero attached hydrogens (tertiary/aromatic N) is 1. The van der Waals surface area contributed by atoms with Gasteiger partial charge in [-0.05, 0) is 28.5 Å². The zero-order chi connectivity index (χ0) is 13.6. The fraction of sp³-hybridized carbons (Fsp3) is 0.600. The van der Waals surface area contributed by atoms with Gasteiger partial charge in [0.05, 0.1) is 10.0 Å². The van der Waals surface area contributed by atoms with Crippen LogP contribution in [0, 0.1) is 10.8 Å². The van der Waals surface area contributed by atoms with Gasteiger partial charge in [-0.15, -0.1) is 0 Å². The van der Waals surface area contributed by atoms with Gasteiger partial charge in [-0.3, -0.25) is 4.90 Å². The summed E-state index contributed by atoms with van der Waals surface area (Å²) in [6, 6.07) is 5.92. The van der Waals surface area contributed by atoms with E-state index < -0.39 is 0 Å². The number of halogens is 2. The van der Waals surface area contributed by atoms with Crippen LogP contribution < -0.4 is 0 Å². The largest absolute Gasteiger partial charge is 0.298 e. The minimum atomic E-state index is 0.350. The molecular weight excluding hydrogens is 265 g/mol. The van der Waals surface area contributed by atoms with Gasteiger partial charge in [-0.2, -0.15) is 0 Å². The highest BCUT2D eigenvalue weighted by Gasteiger charge is 2.45. The lowest BCUT2D eigenvalue weighted by Gasteiger charge is -2.33. The molecule has 0 unspecified atom stereocenters. The predicted molar refractivity (Wildman–Crippen MR) is 79.3 cm³/mol. The lowest BCUT2D eigenvalue weighted by molar-refractivity contribution is 0.184. The Morgan fingerprint density at radius 3 is 2.06 bits per heavy atom. The van der Waals surface area contributed by atoms with Crippen molar-refractivity contribution in [3.63, 3.8) is 0 Å². The first-order chi connectivity index (χ1) is 8.21. The second-order valence-corrected chi connectivity index (χ2v) is 7.48. The molecule has 0 bridgehead atoms. The number of hydrogen-bond donors (Lipinski definition) is 0. The van der Waals surface area contributed by atoms with Crippen LogP contribution in [0.4, 0.5) is 0 Å². The highest BCUT2D eigenvalue weighted by atomic mass is 35.5. The predicted octanol–water partition coefficient (Wildman–Crippen LogP) is 4.86. The van der Waals surface area contributed by atoms with Gasteiger partial charge < -0.3 is 0 Å². The van der Waals surface area contributed by atoms with Crippen molar-refractivity contribution in [3.05, 3.63) is 33.8 Å². The molecule has 18 heavy (non-hydrogen) atoms. The molecule has 2 rings (SSSR count). The van der Waals surface area contributed by atoms with Crippen molar-refractivity contribution in [1.29, 1.82) is 0 Å². The second-order valence-electron chi connectivity index (χ2n) is 6.66. The van der Waals surface area contributed by atoms with Gasteiger partial charge >= 0.3 is 0 Å². The smallest absolute Gasteiger partial charge is 0.0595 e. The average molecular weight is 286 g/mol. The SMILES string of the molecule is CC1(C)CN(Cc2ccc(Cl)c(Cl)c2)CC1(C)C. The average Bonchev–Trinajstić information content (AvgIpc) is 2.41. The van der Waals surface area contributed by atoms with Gasteiger partial charge in [0.1, 0.15) is 0 Å². The van der Waals surface area contributed by atoms with Crippen LogP contribution in [-0.4, -0.2) is 18.0 Å². The molecule has 1 saturated heterocycles. The van der Waals surface area contributed by atoms with Crippen molar-refractivity contribution in [2.24, 2.45) is 10.8 Å². The molecule has 1 aliphatic heterocycles. The Bertz CT molecular complexity index is 436. The summed E-state index contributed by atoms with van der Waals surface area (Å²) in [7, 11) is 0. The first-order valence-electron chi connectivity index (χ1n) is 6.38. The minimum Gasteiger partial charge on any atom is -0.298 e. The zero-order valence-corrected chi connectivity index (χ0v) is 13.1. The quantitative estimate of drug-likeness (QED) is 0.750. The van der Waals surface area contributed by atoms with E-state index in [1.807, 2.05) is 12.1 Å². The molecule has 0 aliphatic carbocycles. The fourth-order valence-electron chi connectivity index (χ4n) is 2.61. The van der Waals surface area contributed by atoms with Gasteiger partial charge in [-0.1, -0.05) is 57.0 Å². The zero-order valence-electron chi connectivity index (χ0n) is 11.6. The normalized spacial score (nSPS) is 22.3. The van der Waals surface area contributed by atoms with Crippen molar-refractivity contribution in [2.75, 3.05) is 13.1 Å². The lowest BCUT2D eigenvalue weighted by atomic mass is 9.71. The molecule has 1 aromatic carbocycles. The van der Waals surface area contributed by atoms with Crippen LogP contribution in [0.25, 0.3) is 0 Å². The molecule has 0 N–H and O–H groups in total. The molecule has 1 fully saturated rings. The number of likely N-dealkylation sites (tertiary alicyclic amines) is 1. The number of benzene rings is 1. The molecule has 0 saturated carbocycles. The van der Waals surface area contributed by atoms with Gasteiger partial charge in [0.25, 0.3) is 0 Å². The van der Waals surface area contributed by atoms with Gasteiger partial charge in [0, 0.05) is 19.6 Å². The van der Waals surface area contributed by atoms with E-state index in [0.29, 0.717) is 20.9 Å². The molecule has 1 heterocycles. The van der Waals surface area contributed by atoms with E-state index >= 15 is 0 Å². The van der Waals surface area contributed by atoms with E-state index in [2.05, 4.69) is 38.7 Å². The summed E-state index contributed by atoms with van der Waals surface area (Å²) in [6.45, 7) is 12.6. The maximum Gasteiger partial charge on any atom is 0.0595 e. The van der Waals surface area contributed by atoms with E-state index in [9.17, 15) is 0 Å². The Kier molecular flexibility index (Phi) is 3.70. The summed E-state index contributed by atoms with van der Waals surface area (Å²) >= 11 is 12.0. The molecule has 0 atom stereocenters. The van der Waals surface area contributed by atoms with E-state index in [0.717, 1.165) is 19.6 Å². The summed E-state index contributed by atoms with van der Waals surface area (Å²) in [5.41, 5.74) is 1.94. The summed E-state index contributed by atoms with van der Waals surface area (Å²) in [6.07, 6.45) is 0. The van der Waals surface area contributed by atoms with E-state index in [4.69, 9.17) is 23.2 Å². The Balaban J connectivity index is 2.10. The Morgan fingerprint density at radius 2 is 1.56 bits per heavy atom. The summed E-state index contributed by atoms with van der Waals surface area (Å²) < 4.78 is 0. The summed E-state index contributed by atoms with van der Waals surface area (Å²) in [5, 5.41) is 1.27. The van der Waals surface area contributed by atoms with Gasteiger partial charge in [0.15, 0.2) is 0 Å². The molecule has 0 amide bonds. The third-order valence-corrected chi connectivity index (χ3v) is 5.20. The molecule has 3 heteroatoms. The summed E-state index contributed by atoms with van der Waals surface area (Å²) in [4.78, 5) is 2.50. The van der Waals surface area contributed by atoms with Crippen LogP contribution in [0.15, 0.2) is 18.2 Å². The third kappa shape index (κ3) is 2.68. The van der Waals surface area contributed by atoms with Crippen molar-refractivity contribution in [2.45, 2.75) is 34.2 Å². The van der Waals surface area contributed by atoms with E-state index in [1.54, 1.807) is 0 Å². The Hall–Kier alpha value is -0.240. The molecule has 1 aliphatic rings. The van der Waals surface area contributed by atoms with Crippen LogP contribution >= 0.6 is 23.2 Å². The maximum absolute atomic E-state index is 6.06. The molecule has 0 radical (unpaired) electrons. The van der Waals surface area contributed by atoms with Crippen molar-refractivity contribution in [1.82, 2.24) is 4.90 Å². The first kappa shape index (κ1) is 14.2. The Labute approximate surface area is 120 Å². The molecule has 100 valence electrons. The van der Waals surface area contributed by atoms with Crippen LogP contribution in [-0.2, 0) is 6.54 Å². The van der Waals surface area contributed by atoms with Crippen molar-refractivity contribution in [3.8, 4) is 0 Å². The van der Waals surface area contributed by atoms with E-state index in [-0.39, 0.29) is 0 Å². The molecule has 1 aromatic rings. The van der Waals surface area contributed by atoms with Crippen LogP contribution in [0.1, 0.15) is 33.3 Å². The Morgan fingerprint density at radius 1 is 1.00 bits per heavy atom. The first-order valence-corrected chi connectivity index (χ1v) is 7.13. The maximum atomic E-state index is 6.06. The molecule has 0 aromatic heterocycles. The van der Waals surface area contributed by atoms with Gasteiger partial charge in [0.2, 0.25) is 0 Å². The standard InChI is InChI=1S/C15H21Cl2N/c1-14(2)9-18(10-15(14,3)4)8-11-5-6-12(16)13(17)7-11/h5-7H,8-10H2,1-4H3. The third-order valence-electron chi connectivity index (χ3n) is 4.46. The molecule has 1 nitrogen and oxygen atoms in total. The minimum absolute atomic E-state index is 0.350. The monoisotopic (exact) mass is 285 g/mol. The lowest BCUT2D eigenvalue weighted by Crippen LogP contribution is -2.30.